The van der Waals surface area contributed by atoms with Crippen molar-refractivity contribution in [1.29, 1.82) is 0 Å². The van der Waals surface area contributed by atoms with Gasteiger partial charge in [-0.1, -0.05) is 0 Å². The van der Waals surface area contributed by atoms with Gasteiger partial charge >= 0.3 is 206 Å². The molecule has 0 bridgehead atoms. The molecule has 0 unspecified atom stereocenters. The molecule has 0 aliphatic heterocycles. The summed E-state index contributed by atoms with van der Waals surface area (Å²) in [5.41, 5.74) is 15.4. The quantitative estimate of drug-likeness (QED) is 0.248. The Hall–Kier alpha value is -2.50. The Kier molecular flexibility index (Phi) is 3.75. The van der Waals surface area contributed by atoms with Crippen molar-refractivity contribution in [2.75, 3.05) is 0 Å². The molecule has 0 amide bonds. The van der Waals surface area contributed by atoms with E-state index in [2.05, 4.69) is 74.5 Å². The van der Waals surface area contributed by atoms with Crippen LogP contribution in [0.3, 0.4) is 0 Å². The first-order valence-corrected chi connectivity index (χ1v) is 14.7. The van der Waals surface area contributed by atoms with Crippen LogP contribution in [-0.4, -0.2) is 6.41 Å². The molecule has 4 aliphatic rings. The van der Waals surface area contributed by atoms with Crippen molar-refractivity contribution in [3.05, 3.63) is 104 Å². The molecule has 1 heteroatoms. The van der Waals surface area contributed by atoms with Gasteiger partial charge in [-0.3, -0.25) is 0 Å². The van der Waals surface area contributed by atoms with Crippen LogP contribution in [0.1, 0.15) is 58.4 Å². The average Bonchev–Trinajstić information content (AvgIpc) is 3.57. The number of fused-ring (bicyclic) bond motifs is 4. The van der Waals surface area contributed by atoms with Gasteiger partial charge in [-0.2, -0.15) is 0 Å². The Labute approximate surface area is 205 Å². The summed E-state index contributed by atoms with van der Waals surface area (Å²) in [6.45, 7) is 4.72. The van der Waals surface area contributed by atoms with Gasteiger partial charge in [0.15, 0.2) is 0 Å². The summed E-state index contributed by atoms with van der Waals surface area (Å²) in [4.78, 5) is 0. The number of aryl methyl sites for hydroxylation is 4. The van der Waals surface area contributed by atoms with E-state index in [1.54, 1.807) is 50.6 Å². The topological polar surface area (TPSA) is 0 Å². The third kappa shape index (κ3) is 2.45. The average molecular weight is 500 g/mol. The van der Waals surface area contributed by atoms with Crippen LogP contribution in [0.25, 0.3) is 33.7 Å². The first-order valence-electron chi connectivity index (χ1n) is 12.2. The molecule has 156 valence electrons. The Morgan fingerprint density at radius 3 is 1.52 bits per heavy atom. The Morgan fingerprint density at radius 2 is 1.03 bits per heavy atom. The molecular weight excluding hydrogens is 476 g/mol. The second-order valence-corrected chi connectivity index (χ2v) is 13.3. The third-order valence-electron chi connectivity index (χ3n) is 8.37. The van der Waals surface area contributed by atoms with E-state index in [0.717, 1.165) is 0 Å². The van der Waals surface area contributed by atoms with E-state index in [1.165, 1.54) is 58.7 Å². The minimum atomic E-state index is -0.961. The van der Waals surface area contributed by atoms with E-state index < -0.39 is 22.3 Å². The number of allylic oxidation sites excluding steroid dienone is 2. The number of hydrogen-bond donors (Lipinski definition) is 0. The maximum atomic E-state index is 2.57. The van der Waals surface area contributed by atoms with Gasteiger partial charge in [0.2, 0.25) is 0 Å². The fourth-order valence-corrected chi connectivity index (χ4v) is 10.5. The fourth-order valence-electron chi connectivity index (χ4n) is 6.88. The molecule has 0 saturated heterocycles. The summed E-state index contributed by atoms with van der Waals surface area (Å²) in [6, 6.07) is 19.1. The Morgan fingerprint density at radius 1 is 0.576 bits per heavy atom. The van der Waals surface area contributed by atoms with Crippen LogP contribution in [0.4, 0.5) is 0 Å². The summed E-state index contributed by atoms with van der Waals surface area (Å²) < 4.78 is 3.40. The normalized spacial score (nSPS) is 17.0. The summed E-state index contributed by atoms with van der Waals surface area (Å²) in [6.07, 6.45) is 9.81. The van der Waals surface area contributed by atoms with Crippen molar-refractivity contribution in [1.82, 2.24) is 0 Å². The van der Waals surface area contributed by atoms with E-state index in [0.29, 0.717) is 0 Å². The molecule has 0 spiro atoms. The van der Waals surface area contributed by atoms with Crippen molar-refractivity contribution >= 4 is 40.1 Å². The zero-order valence-corrected chi connectivity index (χ0v) is 21.6. The molecule has 0 saturated carbocycles. The monoisotopic (exact) mass is 498 g/mol. The van der Waals surface area contributed by atoms with Gasteiger partial charge in [0.25, 0.3) is 0 Å². The zero-order chi connectivity index (χ0) is 21.8. The second kappa shape index (κ2) is 6.55. The van der Waals surface area contributed by atoms with Crippen molar-refractivity contribution in [3.63, 3.8) is 0 Å². The van der Waals surface area contributed by atoms with E-state index >= 15 is 0 Å². The van der Waals surface area contributed by atoms with Crippen LogP contribution >= 0.6 is 0 Å². The van der Waals surface area contributed by atoms with Gasteiger partial charge in [-0.15, -0.1) is 0 Å². The molecule has 0 aromatic heterocycles. The van der Waals surface area contributed by atoms with Crippen LogP contribution in [0.2, 0.25) is 0 Å². The molecule has 33 heavy (non-hydrogen) atoms. The zero-order valence-electron chi connectivity index (χ0n) is 19.1. The molecule has 0 heterocycles. The van der Waals surface area contributed by atoms with Crippen LogP contribution in [-0.2, 0) is 48.0 Å². The van der Waals surface area contributed by atoms with Crippen molar-refractivity contribution < 1.29 is 22.3 Å². The summed E-state index contributed by atoms with van der Waals surface area (Å²) in [5.74, 6) is 0. The summed E-state index contributed by atoms with van der Waals surface area (Å²) in [7, 11) is 0. The number of rotatable bonds is 0. The molecule has 0 atom stereocenters. The molecule has 4 aromatic carbocycles. The molecule has 0 nitrogen and oxygen atoms in total. The maximum absolute atomic E-state index is 2.57. The van der Waals surface area contributed by atoms with E-state index in [4.69, 9.17) is 0 Å². The Bertz CT molecular complexity index is 1620. The molecule has 0 fully saturated rings. The van der Waals surface area contributed by atoms with Crippen LogP contribution in [0.5, 0.6) is 0 Å². The van der Waals surface area contributed by atoms with Crippen molar-refractivity contribution in [2.45, 2.75) is 39.5 Å². The first kappa shape index (κ1) is 18.9. The standard InChI is InChI=1S/2C16H12.Zr/c2*1-10-7-13-9-12-6-5-11-3-2-4-14(16(11)12)15(13)8-10;/h2*2-4,8-9H,5-6H2,1H3;. The van der Waals surface area contributed by atoms with Gasteiger partial charge in [-0.25, -0.2) is 0 Å². The molecule has 4 aliphatic carbocycles. The fraction of sp³-hybridized carbons (Fsp3) is 0.188. The predicted molar refractivity (Wildman–Crippen MR) is 138 cm³/mol. The Balaban J connectivity index is 1.43. The van der Waals surface area contributed by atoms with Gasteiger partial charge in [0.1, 0.15) is 0 Å². The van der Waals surface area contributed by atoms with Crippen molar-refractivity contribution in [2.24, 2.45) is 0 Å². The van der Waals surface area contributed by atoms with E-state index in [-0.39, 0.29) is 0 Å². The van der Waals surface area contributed by atoms with Gasteiger partial charge in [0, 0.05) is 0 Å². The molecule has 0 N–H and O–H groups in total. The SMILES string of the molecule is CC1=Cc2c(cc3c4c(cccc24)CC3)[C]1=[Zr]=[C]1C(C)=Cc2c1cc1c3c(cccc23)CC1. The molecule has 8 rings (SSSR count). The van der Waals surface area contributed by atoms with E-state index in [9.17, 15) is 0 Å². The van der Waals surface area contributed by atoms with Crippen molar-refractivity contribution in [3.8, 4) is 0 Å². The summed E-state index contributed by atoms with van der Waals surface area (Å²) in [5, 5.41) is 6.07. The third-order valence-corrected chi connectivity index (χ3v) is 12.9. The molecular formula is C32H24Zr. The van der Waals surface area contributed by atoms with Crippen LogP contribution < -0.4 is 0 Å². The summed E-state index contributed by atoms with van der Waals surface area (Å²) >= 11 is -0.961. The molecule has 0 radical (unpaired) electrons. The van der Waals surface area contributed by atoms with Crippen LogP contribution in [0, 0.1) is 0 Å². The number of hydrogen-bond acceptors (Lipinski definition) is 0. The second-order valence-electron chi connectivity index (χ2n) is 10.2. The van der Waals surface area contributed by atoms with Gasteiger partial charge < -0.3 is 0 Å². The predicted octanol–water partition coefficient (Wildman–Crippen LogP) is 6.85. The van der Waals surface area contributed by atoms with Gasteiger partial charge in [0.05, 0.1) is 0 Å². The first-order chi connectivity index (χ1) is 16.2. The van der Waals surface area contributed by atoms with Crippen LogP contribution in [0.15, 0.2) is 59.7 Å². The molecule has 4 aromatic rings. The van der Waals surface area contributed by atoms with Gasteiger partial charge in [-0.05, 0) is 0 Å². The van der Waals surface area contributed by atoms with E-state index in [1.807, 2.05) is 0 Å². The number of benzene rings is 4. The minimum absolute atomic E-state index is 0.961.